The van der Waals surface area contributed by atoms with Gasteiger partial charge in [-0.1, -0.05) is 18.2 Å². The van der Waals surface area contributed by atoms with Gasteiger partial charge in [0.25, 0.3) is 5.56 Å². The Morgan fingerprint density at radius 2 is 1.52 bits per heavy atom. The van der Waals surface area contributed by atoms with Crippen LogP contribution in [0.2, 0.25) is 0 Å². The van der Waals surface area contributed by atoms with Gasteiger partial charge in [0.2, 0.25) is 5.91 Å². The molecule has 2 saturated heterocycles. The van der Waals surface area contributed by atoms with E-state index in [-0.39, 0.29) is 18.0 Å². The number of carbonyl (C=O) groups excluding carboxylic acids is 1. The maximum absolute atomic E-state index is 12.6. The lowest BCUT2D eigenvalue weighted by molar-refractivity contribution is -0.133. The molecule has 0 saturated carbocycles. The molecule has 2 aliphatic heterocycles. The van der Waals surface area contributed by atoms with Crippen LogP contribution in [0.1, 0.15) is 0 Å². The van der Waals surface area contributed by atoms with Gasteiger partial charge in [0.15, 0.2) is 0 Å². The summed E-state index contributed by atoms with van der Waals surface area (Å²) in [6.07, 6.45) is 0. The summed E-state index contributed by atoms with van der Waals surface area (Å²) in [6, 6.07) is 13.7. The lowest BCUT2D eigenvalue weighted by Crippen LogP contribution is -2.49. The van der Waals surface area contributed by atoms with Gasteiger partial charge in [0.1, 0.15) is 12.4 Å². The van der Waals surface area contributed by atoms with Crippen molar-refractivity contribution in [2.24, 2.45) is 0 Å². The number of piperazine rings is 2. The zero-order chi connectivity index (χ0) is 20.2. The predicted octanol–water partition coefficient (Wildman–Crippen LogP) is 0.344. The quantitative estimate of drug-likeness (QED) is 0.743. The van der Waals surface area contributed by atoms with E-state index in [2.05, 4.69) is 51.1 Å². The minimum absolute atomic E-state index is 0.000365. The second-order valence-corrected chi connectivity index (χ2v) is 7.68. The summed E-state index contributed by atoms with van der Waals surface area (Å²) >= 11 is 0. The molecule has 1 aromatic heterocycles. The molecule has 2 fully saturated rings. The van der Waals surface area contributed by atoms with Crippen molar-refractivity contribution in [3.63, 3.8) is 0 Å². The maximum Gasteiger partial charge on any atom is 0.267 e. The van der Waals surface area contributed by atoms with Crippen LogP contribution in [0.4, 0.5) is 11.5 Å². The van der Waals surface area contributed by atoms with Crippen LogP contribution in [0.5, 0.6) is 0 Å². The molecule has 2 aromatic rings. The van der Waals surface area contributed by atoms with Crippen molar-refractivity contribution < 1.29 is 4.79 Å². The van der Waals surface area contributed by atoms with Gasteiger partial charge in [-0.3, -0.25) is 9.59 Å². The third kappa shape index (κ3) is 4.59. The summed E-state index contributed by atoms with van der Waals surface area (Å²) in [7, 11) is 2.05. The van der Waals surface area contributed by atoms with E-state index in [4.69, 9.17) is 0 Å². The number of nitrogens with zero attached hydrogens (tertiary/aromatic N) is 6. The van der Waals surface area contributed by atoms with Crippen molar-refractivity contribution in [1.82, 2.24) is 19.6 Å². The molecule has 0 radical (unpaired) electrons. The van der Waals surface area contributed by atoms with Crippen molar-refractivity contribution in [2.45, 2.75) is 6.54 Å². The largest absolute Gasteiger partial charge is 0.368 e. The molecule has 1 aromatic carbocycles. The Morgan fingerprint density at radius 1 is 0.862 bits per heavy atom. The predicted molar refractivity (Wildman–Crippen MR) is 113 cm³/mol. The molecule has 4 rings (SSSR count). The Hall–Kier alpha value is -2.87. The molecule has 0 N–H and O–H groups in total. The van der Waals surface area contributed by atoms with Crippen LogP contribution in [-0.2, 0) is 11.3 Å². The Balaban J connectivity index is 1.40. The van der Waals surface area contributed by atoms with Crippen LogP contribution >= 0.6 is 0 Å². The minimum Gasteiger partial charge on any atom is -0.368 e. The van der Waals surface area contributed by atoms with E-state index in [0.717, 1.165) is 45.1 Å². The molecule has 8 nitrogen and oxygen atoms in total. The van der Waals surface area contributed by atoms with Crippen molar-refractivity contribution in [3.05, 3.63) is 52.8 Å². The molecule has 29 heavy (non-hydrogen) atoms. The van der Waals surface area contributed by atoms with E-state index >= 15 is 0 Å². The summed E-state index contributed by atoms with van der Waals surface area (Å²) in [6.45, 7) is 6.56. The van der Waals surface area contributed by atoms with Crippen molar-refractivity contribution in [3.8, 4) is 0 Å². The van der Waals surface area contributed by atoms with Crippen LogP contribution in [-0.4, -0.2) is 84.9 Å². The van der Waals surface area contributed by atoms with E-state index < -0.39 is 0 Å². The number of rotatable bonds is 4. The Kier molecular flexibility index (Phi) is 5.80. The highest BCUT2D eigenvalue weighted by atomic mass is 16.2. The fourth-order valence-electron chi connectivity index (χ4n) is 3.84. The average Bonchev–Trinajstić information content (AvgIpc) is 2.76. The van der Waals surface area contributed by atoms with Crippen molar-refractivity contribution in [2.75, 3.05) is 69.2 Å². The van der Waals surface area contributed by atoms with Crippen LogP contribution in [0.3, 0.4) is 0 Å². The molecule has 2 aliphatic rings. The fourth-order valence-corrected chi connectivity index (χ4v) is 3.84. The monoisotopic (exact) mass is 396 g/mol. The third-order valence-corrected chi connectivity index (χ3v) is 5.72. The van der Waals surface area contributed by atoms with Gasteiger partial charge in [-0.2, -0.15) is 5.10 Å². The minimum atomic E-state index is -0.237. The summed E-state index contributed by atoms with van der Waals surface area (Å²) in [5.74, 6) is 0.710. The van der Waals surface area contributed by atoms with Gasteiger partial charge in [0.05, 0.1) is 0 Å². The summed E-state index contributed by atoms with van der Waals surface area (Å²) in [4.78, 5) is 33.4. The molecule has 0 atom stereocenters. The first-order chi connectivity index (χ1) is 14.1. The number of carbonyl (C=O) groups is 1. The third-order valence-electron chi connectivity index (χ3n) is 5.72. The Labute approximate surface area is 170 Å². The van der Waals surface area contributed by atoms with Gasteiger partial charge >= 0.3 is 0 Å². The highest BCUT2D eigenvalue weighted by Crippen LogP contribution is 2.18. The number of hydrogen-bond donors (Lipinski definition) is 0. The molecule has 0 spiro atoms. The molecular weight excluding hydrogens is 368 g/mol. The number of anilines is 2. The van der Waals surface area contributed by atoms with Crippen LogP contribution in [0, 0.1) is 0 Å². The van der Waals surface area contributed by atoms with E-state index in [1.165, 1.54) is 16.4 Å². The van der Waals surface area contributed by atoms with Crippen LogP contribution < -0.4 is 15.4 Å². The van der Waals surface area contributed by atoms with Crippen molar-refractivity contribution >= 4 is 17.4 Å². The van der Waals surface area contributed by atoms with E-state index in [0.29, 0.717) is 13.1 Å². The molecule has 154 valence electrons. The standard InChI is InChI=1S/C21H28N6O2/c1-23-9-11-26(12-10-23)21(29)17-27-20(28)8-7-19(22-27)25-15-13-24(14-16-25)18-5-3-2-4-6-18/h2-8H,9-17H2,1H3. The highest BCUT2D eigenvalue weighted by molar-refractivity contribution is 5.76. The molecule has 0 unspecified atom stereocenters. The fraction of sp³-hybridized carbons (Fsp3) is 0.476. The normalized spacial score (nSPS) is 18.2. The van der Waals surface area contributed by atoms with Crippen molar-refractivity contribution in [1.29, 1.82) is 0 Å². The zero-order valence-corrected chi connectivity index (χ0v) is 16.9. The zero-order valence-electron chi connectivity index (χ0n) is 16.9. The van der Waals surface area contributed by atoms with Gasteiger partial charge in [-0.05, 0) is 25.2 Å². The van der Waals surface area contributed by atoms with Gasteiger partial charge < -0.3 is 19.6 Å². The molecule has 0 bridgehead atoms. The maximum atomic E-state index is 12.6. The lowest BCUT2D eigenvalue weighted by atomic mass is 10.2. The van der Waals surface area contributed by atoms with Gasteiger partial charge in [0, 0.05) is 64.1 Å². The number of para-hydroxylation sites is 1. The lowest BCUT2D eigenvalue weighted by Gasteiger charge is -2.36. The molecule has 1 amide bonds. The number of benzene rings is 1. The average molecular weight is 396 g/mol. The van der Waals surface area contributed by atoms with Crippen LogP contribution in [0.25, 0.3) is 0 Å². The van der Waals surface area contributed by atoms with E-state index in [9.17, 15) is 9.59 Å². The second-order valence-electron chi connectivity index (χ2n) is 7.68. The first-order valence-electron chi connectivity index (χ1n) is 10.2. The number of aromatic nitrogens is 2. The van der Waals surface area contributed by atoms with E-state index in [1.54, 1.807) is 6.07 Å². The number of likely N-dealkylation sites (N-methyl/N-ethyl adjacent to an activating group) is 1. The SMILES string of the molecule is CN1CCN(C(=O)Cn2nc(N3CCN(c4ccccc4)CC3)ccc2=O)CC1. The summed E-state index contributed by atoms with van der Waals surface area (Å²) in [5, 5.41) is 4.50. The highest BCUT2D eigenvalue weighted by Gasteiger charge is 2.22. The van der Waals surface area contributed by atoms with Gasteiger partial charge in [-0.25, -0.2) is 4.68 Å². The Bertz CT molecular complexity index is 884. The Morgan fingerprint density at radius 3 is 2.21 bits per heavy atom. The van der Waals surface area contributed by atoms with Gasteiger partial charge in [-0.15, -0.1) is 0 Å². The molecule has 0 aliphatic carbocycles. The number of amides is 1. The molecule has 8 heteroatoms. The first-order valence-corrected chi connectivity index (χ1v) is 10.2. The summed E-state index contributed by atoms with van der Waals surface area (Å²) < 4.78 is 1.31. The number of hydrogen-bond acceptors (Lipinski definition) is 6. The summed E-state index contributed by atoms with van der Waals surface area (Å²) in [5.41, 5.74) is 0.988. The topological polar surface area (TPSA) is 64.9 Å². The van der Waals surface area contributed by atoms with Crippen LogP contribution in [0.15, 0.2) is 47.3 Å². The molecular formula is C21H28N6O2. The first kappa shape index (κ1) is 19.4. The smallest absolute Gasteiger partial charge is 0.267 e. The van der Waals surface area contributed by atoms with E-state index in [1.807, 2.05) is 11.0 Å². The second kappa shape index (κ2) is 8.65. The molecule has 3 heterocycles.